The third kappa shape index (κ3) is 6.45. The second kappa shape index (κ2) is 11.3. The van der Waals surface area contributed by atoms with E-state index in [0.29, 0.717) is 23.4 Å². The third-order valence-electron chi connectivity index (χ3n) is 6.43. The van der Waals surface area contributed by atoms with Crippen molar-refractivity contribution in [3.05, 3.63) is 82.4 Å². The van der Waals surface area contributed by atoms with Gasteiger partial charge in [0.25, 0.3) is 5.91 Å². The van der Waals surface area contributed by atoms with E-state index in [2.05, 4.69) is 15.0 Å². The van der Waals surface area contributed by atoms with E-state index >= 15 is 0 Å². The van der Waals surface area contributed by atoms with Crippen LogP contribution in [-0.2, 0) is 22.1 Å². The Bertz CT molecular complexity index is 1370. The summed E-state index contributed by atoms with van der Waals surface area (Å²) in [6, 6.07) is 14.2. The molecule has 4 rings (SSSR count). The topological polar surface area (TPSA) is 77.1 Å². The summed E-state index contributed by atoms with van der Waals surface area (Å²) >= 11 is 0. The van der Waals surface area contributed by atoms with Crippen molar-refractivity contribution in [1.82, 2.24) is 0 Å². The molecular weight excluding hydrogens is 513 g/mol. The smallest absolute Gasteiger partial charge is 0.418 e. The van der Waals surface area contributed by atoms with E-state index in [-0.39, 0.29) is 30.3 Å². The molecule has 3 aromatic rings. The number of benzene rings is 3. The Morgan fingerprint density at radius 2 is 1.77 bits per heavy atom. The SMILES string of the molecule is COC(=O)Cc1ccc(C(F)(F)F)c(NC(=O)c2c(C)cc(OC[C@@H]3CN(C)c4ccccc4O3)cc2C)c1. The number of fused-ring (bicyclic) bond motifs is 1. The predicted molar refractivity (Wildman–Crippen MR) is 141 cm³/mol. The predicted octanol–water partition coefficient (Wildman–Crippen LogP) is 5.57. The number of para-hydroxylation sites is 2. The van der Waals surface area contributed by atoms with Crippen LogP contribution < -0.4 is 19.7 Å². The highest BCUT2D eigenvalue weighted by molar-refractivity contribution is 6.07. The summed E-state index contributed by atoms with van der Waals surface area (Å²) in [6.45, 7) is 4.28. The molecule has 39 heavy (non-hydrogen) atoms. The molecule has 0 aromatic heterocycles. The van der Waals surface area contributed by atoms with Gasteiger partial charge in [0.15, 0.2) is 0 Å². The quantitative estimate of drug-likeness (QED) is 0.394. The van der Waals surface area contributed by atoms with Crippen LogP contribution in [0.25, 0.3) is 0 Å². The summed E-state index contributed by atoms with van der Waals surface area (Å²) < 4.78 is 57.5. The Hall–Kier alpha value is -4.21. The van der Waals surface area contributed by atoms with Gasteiger partial charge in [-0.15, -0.1) is 0 Å². The number of aryl methyl sites for hydroxylation is 2. The van der Waals surface area contributed by atoms with Crippen LogP contribution in [0.2, 0.25) is 0 Å². The maximum Gasteiger partial charge on any atom is 0.418 e. The molecule has 206 valence electrons. The first-order chi connectivity index (χ1) is 18.5. The molecule has 7 nitrogen and oxygen atoms in total. The third-order valence-corrected chi connectivity index (χ3v) is 6.43. The normalized spacial score (nSPS) is 14.7. The van der Waals surface area contributed by atoms with Crippen LogP contribution in [0.4, 0.5) is 24.5 Å². The van der Waals surface area contributed by atoms with E-state index in [1.165, 1.54) is 13.2 Å². The van der Waals surface area contributed by atoms with Gasteiger partial charge in [-0.25, -0.2) is 0 Å². The molecular formula is C29H29F3N2O5. The average molecular weight is 543 g/mol. The number of nitrogens with zero attached hydrogens (tertiary/aromatic N) is 1. The lowest BCUT2D eigenvalue weighted by Crippen LogP contribution is -2.41. The Morgan fingerprint density at radius 1 is 1.08 bits per heavy atom. The van der Waals surface area contributed by atoms with E-state index in [0.717, 1.165) is 23.6 Å². The van der Waals surface area contributed by atoms with E-state index < -0.39 is 29.3 Å². The molecule has 1 atom stereocenters. The number of rotatable bonds is 7. The minimum absolute atomic E-state index is 0.216. The minimum Gasteiger partial charge on any atom is -0.490 e. The highest BCUT2D eigenvalue weighted by Gasteiger charge is 2.34. The number of alkyl halides is 3. The molecule has 3 aromatic carbocycles. The highest BCUT2D eigenvalue weighted by atomic mass is 19.4. The molecule has 1 aliphatic rings. The van der Waals surface area contributed by atoms with Gasteiger partial charge in [0.1, 0.15) is 24.2 Å². The molecule has 0 spiro atoms. The van der Waals surface area contributed by atoms with Crippen molar-refractivity contribution in [2.45, 2.75) is 32.5 Å². The first-order valence-electron chi connectivity index (χ1n) is 12.3. The summed E-state index contributed by atoms with van der Waals surface area (Å²) in [7, 11) is 3.17. The summed E-state index contributed by atoms with van der Waals surface area (Å²) in [4.78, 5) is 26.9. The number of likely N-dealkylation sites (N-methyl/N-ethyl adjacent to an activating group) is 1. The van der Waals surface area contributed by atoms with Crippen LogP contribution >= 0.6 is 0 Å². The number of methoxy groups -OCH3 is 1. The van der Waals surface area contributed by atoms with E-state index in [4.69, 9.17) is 9.47 Å². The number of halogens is 3. The molecule has 1 aliphatic heterocycles. The zero-order valence-electron chi connectivity index (χ0n) is 22.0. The largest absolute Gasteiger partial charge is 0.490 e. The van der Waals surface area contributed by atoms with Crippen LogP contribution in [0.3, 0.4) is 0 Å². The lowest BCUT2D eigenvalue weighted by atomic mass is 10.0. The second-order valence-corrected chi connectivity index (χ2v) is 9.42. The lowest BCUT2D eigenvalue weighted by Gasteiger charge is -2.33. The first kappa shape index (κ1) is 27.8. The second-order valence-electron chi connectivity index (χ2n) is 9.42. The van der Waals surface area contributed by atoms with E-state index in [9.17, 15) is 22.8 Å². The van der Waals surface area contributed by atoms with Crippen molar-refractivity contribution >= 4 is 23.3 Å². The van der Waals surface area contributed by atoms with Crippen molar-refractivity contribution in [2.24, 2.45) is 0 Å². The molecule has 0 unspecified atom stereocenters. The average Bonchev–Trinajstić information content (AvgIpc) is 2.86. The van der Waals surface area contributed by atoms with Crippen LogP contribution in [0.5, 0.6) is 11.5 Å². The summed E-state index contributed by atoms with van der Waals surface area (Å²) in [6.07, 6.45) is -5.15. The van der Waals surface area contributed by atoms with Crippen molar-refractivity contribution in [3.8, 4) is 11.5 Å². The fraction of sp³-hybridized carbons (Fsp3) is 0.310. The number of carbonyl (C=O) groups is 2. The Kier molecular flexibility index (Phi) is 8.03. The van der Waals surface area contributed by atoms with Gasteiger partial charge in [0.05, 0.1) is 37.0 Å². The van der Waals surface area contributed by atoms with Gasteiger partial charge in [-0.05, 0) is 66.9 Å². The van der Waals surface area contributed by atoms with E-state index in [1.54, 1.807) is 26.0 Å². The molecule has 0 saturated carbocycles. The van der Waals surface area contributed by atoms with Gasteiger partial charge in [0.2, 0.25) is 0 Å². The molecule has 1 heterocycles. The number of carbonyl (C=O) groups excluding carboxylic acids is 2. The fourth-order valence-corrected chi connectivity index (χ4v) is 4.61. The summed E-state index contributed by atoms with van der Waals surface area (Å²) in [5, 5.41) is 2.39. The zero-order valence-corrected chi connectivity index (χ0v) is 22.0. The summed E-state index contributed by atoms with van der Waals surface area (Å²) in [5.41, 5.74) is 1.13. The van der Waals surface area contributed by atoms with Crippen LogP contribution in [0.15, 0.2) is 54.6 Å². The number of hydrogen-bond acceptors (Lipinski definition) is 6. The number of ether oxygens (including phenoxy) is 3. The molecule has 0 saturated heterocycles. The highest BCUT2D eigenvalue weighted by Crippen LogP contribution is 2.36. The van der Waals surface area contributed by atoms with Crippen molar-refractivity contribution in [2.75, 3.05) is 37.5 Å². The van der Waals surface area contributed by atoms with Gasteiger partial charge in [-0.1, -0.05) is 18.2 Å². The van der Waals surface area contributed by atoms with Crippen molar-refractivity contribution in [3.63, 3.8) is 0 Å². The van der Waals surface area contributed by atoms with Gasteiger partial charge >= 0.3 is 12.1 Å². The fourth-order valence-electron chi connectivity index (χ4n) is 4.61. The van der Waals surface area contributed by atoms with Crippen LogP contribution in [0, 0.1) is 13.8 Å². The molecule has 10 heteroatoms. The maximum atomic E-state index is 13.6. The first-order valence-corrected chi connectivity index (χ1v) is 12.3. The van der Waals surface area contributed by atoms with Crippen LogP contribution in [0.1, 0.15) is 32.6 Å². The molecule has 1 amide bonds. The Morgan fingerprint density at radius 3 is 2.44 bits per heavy atom. The van der Waals surface area contributed by atoms with Gasteiger partial charge < -0.3 is 24.4 Å². The number of amides is 1. The van der Waals surface area contributed by atoms with Gasteiger partial charge in [-0.3, -0.25) is 9.59 Å². The zero-order chi connectivity index (χ0) is 28.3. The Labute approximate surface area is 224 Å². The minimum atomic E-state index is -4.70. The number of esters is 1. The van der Waals surface area contributed by atoms with Crippen molar-refractivity contribution < 1.29 is 37.0 Å². The lowest BCUT2D eigenvalue weighted by molar-refractivity contribution is -0.139. The number of hydrogen-bond donors (Lipinski definition) is 1. The molecule has 0 aliphatic carbocycles. The molecule has 1 N–H and O–H groups in total. The standard InChI is InChI=1S/C29H29F3N2O5/c1-17-11-20(38-16-21-15-34(3)24-7-5-6-8-25(24)39-21)12-18(2)27(17)28(36)33-23-13-19(14-26(35)37-4)9-10-22(23)29(30,31)32/h5-13,21H,14-16H2,1-4H3,(H,33,36)/t21-/m0/s1. The number of nitrogens with one attached hydrogen (secondary N) is 1. The van der Waals surface area contributed by atoms with Crippen LogP contribution in [-0.4, -0.2) is 45.3 Å². The van der Waals surface area contributed by atoms with Crippen molar-refractivity contribution in [1.29, 1.82) is 0 Å². The summed E-state index contributed by atoms with van der Waals surface area (Å²) in [5.74, 6) is -0.0225. The number of anilines is 2. The Balaban J connectivity index is 1.50. The van der Waals surface area contributed by atoms with Gasteiger partial charge in [-0.2, -0.15) is 13.2 Å². The molecule has 0 bridgehead atoms. The van der Waals surface area contributed by atoms with Gasteiger partial charge in [0, 0.05) is 12.6 Å². The monoisotopic (exact) mass is 542 g/mol. The molecule has 0 fully saturated rings. The molecule has 0 radical (unpaired) electrons. The maximum absolute atomic E-state index is 13.6. The van der Waals surface area contributed by atoms with E-state index in [1.807, 2.05) is 31.3 Å².